The van der Waals surface area contributed by atoms with Crippen LogP contribution in [0.2, 0.25) is 0 Å². The van der Waals surface area contributed by atoms with Crippen molar-refractivity contribution < 1.29 is 9.21 Å². The van der Waals surface area contributed by atoms with Crippen LogP contribution in [-0.4, -0.2) is 20.4 Å². The first kappa shape index (κ1) is 17.3. The van der Waals surface area contributed by atoms with E-state index in [1.165, 1.54) is 0 Å². The largest absolute Gasteiger partial charge is 0.467 e. The van der Waals surface area contributed by atoms with E-state index >= 15 is 0 Å². The molecule has 3 heterocycles. The Bertz CT molecular complexity index is 989. The molecule has 0 atom stereocenters. The van der Waals surface area contributed by atoms with Gasteiger partial charge in [0.25, 0.3) is 11.5 Å². The van der Waals surface area contributed by atoms with Crippen molar-refractivity contribution in [3.8, 4) is 0 Å². The number of hydrogen-bond donors (Lipinski definition) is 0. The van der Waals surface area contributed by atoms with Gasteiger partial charge in [-0.05, 0) is 55.7 Å². The van der Waals surface area contributed by atoms with E-state index in [1.54, 1.807) is 41.1 Å². The minimum atomic E-state index is -0.297. The highest BCUT2D eigenvalue weighted by molar-refractivity contribution is 5.95. The van der Waals surface area contributed by atoms with E-state index in [4.69, 9.17) is 4.42 Å². The molecule has 27 heavy (non-hydrogen) atoms. The molecule has 3 aromatic heterocycles. The SMILES string of the molecule is Cc1ccn(C2CC2)c(=O)c1C(=O)N(Cc1ccccn1)Cc1ccco1. The number of carbonyl (C=O) groups excluding carboxylic acids is 1. The summed E-state index contributed by atoms with van der Waals surface area (Å²) in [5.74, 6) is 0.366. The van der Waals surface area contributed by atoms with Gasteiger partial charge in [0.1, 0.15) is 11.3 Å². The second-order valence-electron chi connectivity index (χ2n) is 6.88. The van der Waals surface area contributed by atoms with E-state index in [9.17, 15) is 9.59 Å². The predicted octanol–water partition coefficient (Wildman–Crippen LogP) is 3.32. The van der Waals surface area contributed by atoms with Crippen LogP contribution in [0, 0.1) is 6.92 Å². The number of rotatable bonds is 6. The Balaban J connectivity index is 1.70. The van der Waals surface area contributed by atoms with Gasteiger partial charge in [-0.2, -0.15) is 0 Å². The highest BCUT2D eigenvalue weighted by Crippen LogP contribution is 2.33. The minimum Gasteiger partial charge on any atom is -0.467 e. The fourth-order valence-electron chi connectivity index (χ4n) is 3.18. The van der Waals surface area contributed by atoms with E-state index in [0.717, 1.165) is 18.5 Å². The van der Waals surface area contributed by atoms with Crippen LogP contribution >= 0.6 is 0 Å². The van der Waals surface area contributed by atoms with Gasteiger partial charge >= 0.3 is 0 Å². The third kappa shape index (κ3) is 3.69. The normalized spacial score (nSPS) is 13.5. The van der Waals surface area contributed by atoms with Crippen molar-refractivity contribution in [2.45, 2.75) is 38.9 Å². The van der Waals surface area contributed by atoms with Crippen molar-refractivity contribution in [3.63, 3.8) is 0 Å². The van der Waals surface area contributed by atoms with Gasteiger partial charge in [-0.15, -0.1) is 0 Å². The first-order chi connectivity index (χ1) is 13.1. The van der Waals surface area contributed by atoms with Crippen LogP contribution in [0.1, 0.15) is 46.3 Å². The summed E-state index contributed by atoms with van der Waals surface area (Å²) in [6.45, 7) is 2.38. The molecule has 0 spiro atoms. The summed E-state index contributed by atoms with van der Waals surface area (Å²) in [6.07, 6.45) is 7.04. The maximum absolute atomic E-state index is 13.4. The van der Waals surface area contributed by atoms with Gasteiger partial charge in [-0.25, -0.2) is 0 Å². The number of carbonyl (C=O) groups is 1. The number of pyridine rings is 2. The van der Waals surface area contributed by atoms with E-state index in [-0.39, 0.29) is 29.6 Å². The molecule has 138 valence electrons. The highest BCUT2D eigenvalue weighted by Gasteiger charge is 2.29. The molecule has 0 saturated heterocycles. The Kier molecular flexibility index (Phi) is 4.62. The van der Waals surface area contributed by atoms with Crippen molar-refractivity contribution in [1.82, 2.24) is 14.5 Å². The molecule has 0 bridgehead atoms. The Morgan fingerprint density at radius 3 is 2.74 bits per heavy atom. The van der Waals surface area contributed by atoms with Crippen molar-refractivity contribution in [2.75, 3.05) is 0 Å². The summed E-state index contributed by atoms with van der Waals surface area (Å²) in [4.78, 5) is 32.2. The Hall–Kier alpha value is -3.15. The molecule has 1 amide bonds. The number of furan rings is 1. The van der Waals surface area contributed by atoms with Crippen LogP contribution < -0.4 is 5.56 Å². The van der Waals surface area contributed by atoms with E-state index in [0.29, 0.717) is 17.9 Å². The van der Waals surface area contributed by atoms with Gasteiger partial charge in [0.05, 0.1) is 25.0 Å². The van der Waals surface area contributed by atoms with Crippen LogP contribution in [0.5, 0.6) is 0 Å². The van der Waals surface area contributed by atoms with Crippen LogP contribution in [0.3, 0.4) is 0 Å². The molecule has 1 aliphatic rings. The number of nitrogens with zero attached hydrogens (tertiary/aromatic N) is 3. The van der Waals surface area contributed by atoms with Gasteiger partial charge in [0, 0.05) is 18.4 Å². The molecule has 1 saturated carbocycles. The Labute approximate surface area is 157 Å². The molecule has 0 radical (unpaired) electrons. The molecule has 0 aromatic carbocycles. The first-order valence-electron chi connectivity index (χ1n) is 9.07. The molecule has 1 aliphatic carbocycles. The van der Waals surface area contributed by atoms with Crippen molar-refractivity contribution in [2.24, 2.45) is 0 Å². The molecular formula is C21H21N3O3. The number of aromatic nitrogens is 2. The lowest BCUT2D eigenvalue weighted by molar-refractivity contribution is 0.0712. The monoisotopic (exact) mass is 363 g/mol. The van der Waals surface area contributed by atoms with Crippen LogP contribution in [-0.2, 0) is 13.1 Å². The topological polar surface area (TPSA) is 68.3 Å². The van der Waals surface area contributed by atoms with E-state index in [1.807, 2.05) is 30.3 Å². The van der Waals surface area contributed by atoms with E-state index in [2.05, 4.69) is 4.98 Å². The molecule has 0 aliphatic heterocycles. The number of amides is 1. The summed E-state index contributed by atoms with van der Waals surface area (Å²) in [5.41, 5.74) is 1.46. The van der Waals surface area contributed by atoms with Crippen molar-refractivity contribution in [1.29, 1.82) is 0 Å². The van der Waals surface area contributed by atoms with Gasteiger partial charge < -0.3 is 13.9 Å². The van der Waals surface area contributed by atoms with Crippen LogP contribution in [0.25, 0.3) is 0 Å². The second-order valence-corrected chi connectivity index (χ2v) is 6.88. The molecule has 4 rings (SSSR count). The standard InChI is InChI=1S/C21H21N3O3/c1-15-9-11-24(17-7-8-17)21(26)19(15)20(25)23(14-18-6-4-12-27-18)13-16-5-2-3-10-22-16/h2-6,9-12,17H,7-8,13-14H2,1H3. The Morgan fingerprint density at radius 2 is 2.07 bits per heavy atom. The van der Waals surface area contributed by atoms with Gasteiger partial charge in [0.15, 0.2) is 0 Å². The fourth-order valence-corrected chi connectivity index (χ4v) is 3.18. The minimum absolute atomic E-state index is 0.215. The maximum atomic E-state index is 13.4. The van der Waals surface area contributed by atoms with E-state index < -0.39 is 0 Å². The van der Waals surface area contributed by atoms with Crippen molar-refractivity contribution in [3.05, 3.63) is 88.0 Å². The first-order valence-corrected chi connectivity index (χ1v) is 9.07. The Morgan fingerprint density at radius 1 is 1.22 bits per heavy atom. The van der Waals surface area contributed by atoms with Gasteiger partial charge in [-0.1, -0.05) is 6.07 Å². The lowest BCUT2D eigenvalue weighted by atomic mass is 10.1. The average molecular weight is 363 g/mol. The molecule has 0 unspecified atom stereocenters. The average Bonchev–Trinajstić information content (AvgIpc) is 3.38. The highest BCUT2D eigenvalue weighted by atomic mass is 16.3. The zero-order chi connectivity index (χ0) is 18.8. The lowest BCUT2D eigenvalue weighted by Crippen LogP contribution is -2.37. The molecule has 1 fully saturated rings. The molecule has 3 aromatic rings. The van der Waals surface area contributed by atoms with Gasteiger partial charge in [0.2, 0.25) is 0 Å². The summed E-state index contributed by atoms with van der Waals surface area (Å²) in [5, 5.41) is 0. The third-order valence-corrected chi connectivity index (χ3v) is 4.77. The third-order valence-electron chi connectivity index (χ3n) is 4.77. The molecule has 6 nitrogen and oxygen atoms in total. The predicted molar refractivity (Wildman–Crippen MR) is 100 cm³/mol. The maximum Gasteiger partial charge on any atom is 0.263 e. The number of aryl methyl sites for hydroxylation is 1. The molecule has 0 N–H and O–H groups in total. The molecule has 6 heteroatoms. The smallest absolute Gasteiger partial charge is 0.263 e. The second kappa shape index (κ2) is 7.23. The van der Waals surface area contributed by atoms with Gasteiger partial charge in [-0.3, -0.25) is 14.6 Å². The quantitative estimate of drug-likeness (QED) is 0.674. The lowest BCUT2D eigenvalue weighted by Gasteiger charge is -2.22. The summed E-state index contributed by atoms with van der Waals surface area (Å²) < 4.78 is 7.11. The zero-order valence-corrected chi connectivity index (χ0v) is 15.2. The number of hydrogen-bond acceptors (Lipinski definition) is 4. The van der Waals surface area contributed by atoms with Crippen LogP contribution in [0.4, 0.5) is 0 Å². The fraction of sp³-hybridized carbons (Fsp3) is 0.286. The summed E-state index contributed by atoms with van der Waals surface area (Å²) in [7, 11) is 0. The van der Waals surface area contributed by atoms with Crippen LogP contribution in [0.15, 0.2) is 64.3 Å². The summed E-state index contributed by atoms with van der Waals surface area (Å²) >= 11 is 0. The summed E-state index contributed by atoms with van der Waals surface area (Å²) in [6, 6.07) is 11.2. The van der Waals surface area contributed by atoms with Crippen molar-refractivity contribution >= 4 is 5.91 Å². The zero-order valence-electron chi connectivity index (χ0n) is 15.2. The molecular weight excluding hydrogens is 342 g/mol.